The molecule has 0 spiro atoms. The minimum absolute atomic E-state index is 0.369. The van der Waals surface area contributed by atoms with Gasteiger partial charge in [-0.25, -0.2) is 0 Å². The summed E-state index contributed by atoms with van der Waals surface area (Å²) in [6, 6.07) is 3.48. The average Bonchev–Trinajstić information content (AvgIpc) is 2.64. The van der Waals surface area contributed by atoms with Crippen LogP contribution in [0.5, 0.6) is 0 Å². The van der Waals surface area contributed by atoms with Gasteiger partial charge in [0, 0.05) is 36.0 Å². The Morgan fingerprint density at radius 1 is 0.567 bits per heavy atom. The second kappa shape index (κ2) is 5.78. The van der Waals surface area contributed by atoms with Gasteiger partial charge in [0.05, 0.1) is 11.1 Å². The van der Waals surface area contributed by atoms with Gasteiger partial charge in [0.25, 0.3) is 23.6 Å². The molecular weight excluding hydrogens is 380 g/mol. The molecule has 0 radical (unpaired) electrons. The van der Waals surface area contributed by atoms with Crippen LogP contribution in [0.3, 0.4) is 0 Å². The topological polar surface area (TPSA) is 74.8 Å². The van der Waals surface area contributed by atoms with Crippen LogP contribution in [0.1, 0.15) is 94.1 Å². The molecule has 0 aliphatic carbocycles. The molecule has 0 fully saturated rings. The van der Waals surface area contributed by atoms with Gasteiger partial charge in [0.15, 0.2) is 0 Å². The molecule has 4 rings (SSSR count). The average molecular weight is 406 g/mol. The second-order valence-corrected chi connectivity index (χ2v) is 10.3. The molecule has 0 saturated carbocycles. The summed E-state index contributed by atoms with van der Waals surface area (Å²) >= 11 is 0. The number of imide groups is 2. The zero-order valence-electron chi connectivity index (χ0n) is 18.7. The zero-order chi connectivity index (χ0) is 22.5. The fraction of sp³-hybridized carbons (Fsp3) is 0.417. The number of carbonyl (C=O) groups is 4. The van der Waals surface area contributed by atoms with Crippen LogP contribution >= 0.6 is 0 Å². The van der Waals surface area contributed by atoms with Gasteiger partial charge in [0.2, 0.25) is 0 Å². The summed E-state index contributed by atoms with van der Waals surface area (Å²) in [5.74, 6) is -1.64. The molecule has 6 heteroatoms. The minimum Gasteiger partial charge on any atom is -0.277 e. The van der Waals surface area contributed by atoms with Crippen molar-refractivity contribution in [1.29, 1.82) is 0 Å². The first-order valence-corrected chi connectivity index (χ1v) is 10.0. The molecule has 0 saturated heterocycles. The first-order chi connectivity index (χ1) is 13.7. The third kappa shape index (κ3) is 2.42. The maximum Gasteiger partial charge on any atom is 0.261 e. The molecule has 6 nitrogen and oxygen atoms in total. The van der Waals surface area contributed by atoms with Crippen LogP contribution in [0.4, 0.5) is 0 Å². The Kier molecular flexibility index (Phi) is 3.90. The van der Waals surface area contributed by atoms with E-state index >= 15 is 0 Å². The SMILES string of the molecule is CN1C(=O)c2cc(C(C)(C)C)c3c4c(cc(C(C)(C)C)c(c24)C1=O)C(=O)N(C)C3=O. The van der Waals surface area contributed by atoms with Crippen LogP contribution in [-0.4, -0.2) is 47.5 Å². The molecule has 4 amide bonds. The largest absolute Gasteiger partial charge is 0.277 e. The summed E-state index contributed by atoms with van der Waals surface area (Å²) < 4.78 is 0. The predicted molar refractivity (Wildman–Crippen MR) is 114 cm³/mol. The van der Waals surface area contributed by atoms with E-state index in [1.165, 1.54) is 14.1 Å². The lowest BCUT2D eigenvalue weighted by Crippen LogP contribution is -2.43. The molecule has 2 aromatic carbocycles. The van der Waals surface area contributed by atoms with Gasteiger partial charge in [-0.15, -0.1) is 0 Å². The van der Waals surface area contributed by atoms with Crippen LogP contribution in [0, 0.1) is 0 Å². The lowest BCUT2D eigenvalue weighted by Gasteiger charge is -2.36. The summed E-state index contributed by atoms with van der Waals surface area (Å²) in [7, 11) is 2.95. The number of hydrogen-bond donors (Lipinski definition) is 0. The van der Waals surface area contributed by atoms with Crippen molar-refractivity contribution in [3.05, 3.63) is 45.5 Å². The Hall–Kier alpha value is -3.02. The first-order valence-electron chi connectivity index (χ1n) is 10.0. The monoisotopic (exact) mass is 406 g/mol. The van der Waals surface area contributed by atoms with E-state index in [0.717, 1.165) is 9.80 Å². The van der Waals surface area contributed by atoms with Gasteiger partial charge in [0.1, 0.15) is 0 Å². The summed E-state index contributed by atoms with van der Waals surface area (Å²) in [5.41, 5.74) is 2.05. The van der Waals surface area contributed by atoms with E-state index in [4.69, 9.17) is 0 Å². The summed E-state index contributed by atoms with van der Waals surface area (Å²) in [6.07, 6.45) is 0. The van der Waals surface area contributed by atoms with E-state index in [1.54, 1.807) is 12.1 Å². The van der Waals surface area contributed by atoms with Crippen molar-refractivity contribution in [2.75, 3.05) is 14.1 Å². The van der Waals surface area contributed by atoms with E-state index < -0.39 is 34.5 Å². The predicted octanol–water partition coefficient (Wildman–Crippen LogP) is 3.89. The van der Waals surface area contributed by atoms with Crippen molar-refractivity contribution in [1.82, 2.24) is 9.80 Å². The normalized spacial score (nSPS) is 16.8. The maximum absolute atomic E-state index is 13.2. The van der Waals surface area contributed by atoms with Crippen LogP contribution in [0.2, 0.25) is 0 Å². The van der Waals surface area contributed by atoms with Gasteiger partial charge in [-0.2, -0.15) is 0 Å². The van der Waals surface area contributed by atoms with E-state index in [9.17, 15) is 19.2 Å². The fourth-order valence-corrected chi connectivity index (χ4v) is 4.48. The number of nitrogens with zero attached hydrogens (tertiary/aromatic N) is 2. The lowest BCUT2D eigenvalue weighted by atomic mass is 9.72. The molecule has 0 atom stereocenters. The molecule has 156 valence electrons. The standard InChI is InChI=1S/C24H26N2O4/c1-23(2,3)13-9-11-16-15-12(20(28)25(7)21(29)17(13)15)10-14(24(4,5)6)18(16)22(30)26(8)19(11)27/h9-10H,1-8H3. The molecule has 0 unspecified atom stereocenters. The highest BCUT2D eigenvalue weighted by molar-refractivity contribution is 6.34. The van der Waals surface area contributed by atoms with Crippen molar-refractivity contribution in [3.63, 3.8) is 0 Å². The van der Waals surface area contributed by atoms with Crippen molar-refractivity contribution in [2.45, 2.75) is 52.4 Å². The lowest BCUT2D eigenvalue weighted by molar-refractivity contribution is 0.0627. The third-order valence-electron chi connectivity index (χ3n) is 6.13. The van der Waals surface area contributed by atoms with Crippen LogP contribution in [-0.2, 0) is 10.8 Å². The smallest absolute Gasteiger partial charge is 0.261 e. The van der Waals surface area contributed by atoms with Gasteiger partial charge >= 0.3 is 0 Å². The summed E-state index contributed by atoms with van der Waals surface area (Å²) in [5, 5.41) is 0.867. The molecule has 0 aromatic heterocycles. The van der Waals surface area contributed by atoms with E-state index in [1.807, 2.05) is 41.5 Å². The quantitative estimate of drug-likeness (QED) is 0.622. The Balaban J connectivity index is 2.37. The Bertz CT molecular complexity index is 1110. The summed E-state index contributed by atoms with van der Waals surface area (Å²) in [4.78, 5) is 55.0. The molecular formula is C24H26N2O4. The molecule has 2 heterocycles. The number of carbonyl (C=O) groups excluding carboxylic acids is 4. The summed E-state index contributed by atoms with van der Waals surface area (Å²) in [6.45, 7) is 11.8. The highest BCUT2D eigenvalue weighted by Gasteiger charge is 2.43. The molecule has 0 N–H and O–H groups in total. The Morgan fingerprint density at radius 2 is 0.867 bits per heavy atom. The van der Waals surface area contributed by atoms with Gasteiger partial charge in [-0.3, -0.25) is 29.0 Å². The molecule has 0 bridgehead atoms. The van der Waals surface area contributed by atoms with Crippen LogP contribution in [0.25, 0.3) is 10.8 Å². The molecule has 2 aromatic rings. The Morgan fingerprint density at radius 3 is 1.13 bits per heavy atom. The van der Waals surface area contributed by atoms with E-state index in [0.29, 0.717) is 44.2 Å². The molecule has 30 heavy (non-hydrogen) atoms. The highest BCUT2D eigenvalue weighted by atomic mass is 16.2. The van der Waals surface area contributed by atoms with Gasteiger partial charge in [-0.05, 0) is 34.1 Å². The van der Waals surface area contributed by atoms with Crippen molar-refractivity contribution in [3.8, 4) is 0 Å². The maximum atomic E-state index is 13.2. The zero-order valence-corrected chi connectivity index (χ0v) is 18.7. The first kappa shape index (κ1) is 20.3. The molecule has 2 aliphatic heterocycles. The molecule has 2 aliphatic rings. The fourth-order valence-electron chi connectivity index (χ4n) is 4.48. The second-order valence-electron chi connectivity index (χ2n) is 10.3. The van der Waals surface area contributed by atoms with Crippen molar-refractivity contribution >= 4 is 34.4 Å². The minimum atomic E-state index is -0.447. The van der Waals surface area contributed by atoms with Crippen molar-refractivity contribution in [2.24, 2.45) is 0 Å². The van der Waals surface area contributed by atoms with Crippen molar-refractivity contribution < 1.29 is 19.2 Å². The van der Waals surface area contributed by atoms with Gasteiger partial charge < -0.3 is 0 Å². The highest BCUT2D eigenvalue weighted by Crippen LogP contribution is 2.45. The van der Waals surface area contributed by atoms with Gasteiger partial charge in [-0.1, -0.05) is 41.5 Å². The Labute approximate surface area is 175 Å². The van der Waals surface area contributed by atoms with Crippen LogP contribution in [0.15, 0.2) is 12.1 Å². The number of benzene rings is 2. The third-order valence-corrected chi connectivity index (χ3v) is 6.13. The number of rotatable bonds is 0. The van der Waals surface area contributed by atoms with E-state index in [-0.39, 0.29) is 0 Å². The number of amides is 4. The van der Waals surface area contributed by atoms with Crippen LogP contribution < -0.4 is 0 Å². The number of hydrogen-bond acceptors (Lipinski definition) is 4. The van der Waals surface area contributed by atoms with E-state index in [2.05, 4.69) is 0 Å².